The second-order valence-electron chi connectivity index (χ2n) is 20.3. The molecule has 2 aromatic carbocycles. The van der Waals surface area contributed by atoms with Gasteiger partial charge in [-0.1, -0.05) is 60.4 Å². The third-order valence-electron chi connectivity index (χ3n) is 13.9. The summed E-state index contributed by atoms with van der Waals surface area (Å²) in [4.78, 5) is 71.9. The number of benzene rings is 2. The summed E-state index contributed by atoms with van der Waals surface area (Å²) in [5.74, 6) is -2.11. The molecule has 0 amide bonds. The zero-order chi connectivity index (χ0) is 61.9. The fourth-order valence-electron chi connectivity index (χ4n) is 10.3. The van der Waals surface area contributed by atoms with Crippen molar-refractivity contribution in [3.63, 3.8) is 0 Å². The number of nitrogens with zero attached hydrogens (tertiary/aromatic N) is 4. The van der Waals surface area contributed by atoms with Gasteiger partial charge in [0.2, 0.25) is 0 Å². The summed E-state index contributed by atoms with van der Waals surface area (Å²) in [6.45, 7) is 28.7. The molecule has 2 aliphatic heterocycles. The molecule has 0 atom stereocenters. The SMILES string of the molecule is COCCOCOC(=O)C1=C(C)/C(=C(/c2[n-]c(C)c(C(=O)OCOCCOC)c2C)c2c(C)cc(C)cc2C)N=C1C.COCCOCOC(=O)C1=C(C)/C(=C(/c2[n-]c(C)c(C(=O)OCOCCOC)c2C)c2c(C)cc(C)cc2C)N=C1C.[Co+2]. The largest absolute Gasteiger partial charge is 2.00 e. The van der Waals surface area contributed by atoms with Gasteiger partial charge in [0.05, 0.1) is 86.8 Å². The molecule has 85 heavy (non-hydrogen) atoms. The van der Waals surface area contributed by atoms with Crippen molar-refractivity contribution in [1.29, 1.82) is 0 Å². The molecule has 0 N–H and O–H groups in total. The number of aliphatic imine (C=N–C) groups is 2. The Hall–Kier alpha value is -6.63. The van der Waals surface area contributed by atoms with Gasteiger partial charge in [0, 0.05) is 39.6 Å². The molecule has 2 aromatic heterocycles. The molecule has 0 bridgehead atoms. The Labute approximate surface area is 509 Å². The number of allylic oxidation sites excluding steroid dienone is 2. The predicted molar refractivity (Wildman–Crippen MR) is 317 cm³/mol. The number of carbonyl (C=O) groups is 4. The molecule has 0 unspecified atom stereocenters. The number of rotatable bonds is 28. The van der Waals surface area contributed by atoms with E-state index in [0.29, 0.717) is 143 Å². The Morgan fingerprint density at radius 3 is 0.929 bits per heavy atom. The van der Waals surface area contributed by atoms with Crippen molar-refractivity contribution in [2.75, 3.05) is 108 Å². The van der Waals surface area contributed by atoms with E-state index in [0.717, 1.165) is 55.7 Å². The maximum Gasteiger partial charge on any atom is 2.00 e. The quantitative estimate of drug-likeness (QED) is 0.0223. The van der Waals surface area contributed by atoms with E-state index < -0.39 is 23.9 Å². The Bertz CT molecular complexity index is 3000. The number of carbonyl (C=O) groups excluding carboxylic acids is 4. The summed E-state index contributed by atoms with van der Waals surface area (Å²) < 4.78 is 62.6. The Morgan fingerprint density at radius 2 is 0.659 bits per heavy atom. The molecular formula is C64H82CoN4O16. The molecular weight excluding hydrogens is 1140 g/mol. The van der Waals surface area contributed by atoms with Gasteiger partial charge in [-0.25, -0.2) is 19.2 Å². The van der Waals surface area contributed by atoms with Crippen molar-refractivity contribution in [3.8, 4) is 0 Å². The van der Waals surface area contributed by atoms with Gasteiger partial charge in [0.15, 0.2) is 27.2 Å². The minimum atomic E-state index is -0.529. The smallest absolute Gasteiger partial charge is 0.660 e. The standard InChI is InChI=1S/2C32H42N2O8.Co/c2*1-18-14-19(2)25(20(3)15-18)28(29-21(4)26(23(6)33-29)31(35)41-16-39-12-10-37-8)30-22(5)27(24(7)34-30)32(36)42-17-40-13-11-38-9;/h2*14-15H,10-13,16-17H2,1-9H3,(H,33,34,35,36);/q;;+2/p-2. The normalized spacial score (nSPS) is 14.2. The topological polar surface area (TPSA) is 232 Å². The Morgan fingerprint density at radius 1 is 0.388 bits per heavy atom. The number of esters is 4. The minimum absolute atomic E-state index is 0. The van der Waals surface area contributed by atoms with Crippen molar-refractivity contribution in [2.24, 2.45) is 9.98 Å². The second kappa shape index (κ2) is 33.9. The van der Waals surface area contributed by atoms with Gasteiger partial charge < -0.3 is 66.8 Å². The molecule has 463 valence electrons. The monoisotopic (exact) mass is 1220 g/mol. The molecule has 0 saturated heterocycles. The first-order valence-electron chi connectivity index (χ1n) is 27.5. The van der Waals surface area contributed by atoms with Crippen molar-refractivity contribution >= 4 is 46.4 Å². The number of methoxy groups -OCH3 is 4. The summed E-state index contributed by atoms with van der Waals surface area (Å²) in [6, 6.07) is 8.38. The zero-order valence-electron chi connectivity index (χ0n) is 52.4. The van der Waals surface area contributed by atoms with Gasteiger partial charge in [0.1, 0.15) is 0 Å². The zero-order valence-corrected chi connectivity index (χ0v) is 53.5. The molecule has 2 aliphatic rings. The van der Waals surface area contributed by atoms with E-state index in [2.05, 4.69) is 24.3 Å². The predicted octanol–water partition coefficient (Wildman–Crippen LogP) is 9.35. The molecule has 0 spiro atoms. The van der Waals surface area contributed by atoms with Crippen LogP contribution in [-0.2, 0) is 83.2 Å². The van der Waals surface area contributed by atoms with Crippen LogP contribution < -0.4 is 9.97 Å². The number of hydrogen-bond donors (Lipinski definition) is 0. The number of ether oxygens (including phenoxy) is 12. The van der Waals surface area contributed by atoms with Crippen molar-refractivity contribution < 1.29 is 92.8 Å². The van der Waals surface area contributed by atoms with Crippen LogP contribution in [0.3, 0.4) is 0 Å². The van der Waals surface area contributed by atoms with Crippen LogP contribution >= 0.6 is 0 Å². The molecule has 0 aliphatic carbocycles. The van der Waals surface area contributed by atoms with Gasteiger partial charge in [-0.15, -0.1) is 22.8 Å². The molecule has 6 rings (SSSR count). The van der Waals surface area contributed by atoms with E-state index in [1.165, 1.54) is 0 Å². The molecule has 20 nitrogen and oxygen atoms in total. The molecule has 0 fully saturated rings. The summed E-state index contributed by atoms with van der Waals surface area (Å²) in [7, 11) is 6.28. The van der Waals surface area contributed by atoms with Crippen LogP contribution in [-0.4, -0.2) is 144 Å². The average molecular weight is 1220 g/mol. The summed E-state index contributed by atoms with van der Waals surface area (Å²) in [5.41, 5.74) is 18.2. The van der Waals surface area contributed by atoms with Gasteiger partial charge in [-0.2, -0.15) is 0 Å². The van der Waals surface area contributed by atoms with Crippen LogP contribution in [0.4, 0.5) is 0 Å². The summed E-state index contributed by atoms with van der Waals surface area (Å²) in [5, 5.41) is 0. The van der Waals surface area contributed by atoms with Crippen molar-refractivity contribution in [3.05, 3.63) is 147 Å². The minimum Gasteiger partial charge on any atom is -0.660 e. The van der Waals surface area contributed by atoms with E-state index in [-0.39, 0.29) is 44.0 Å². The van der Waals surface area contributed by atoms with E-state index in [1.807, 2.05) is 69.2 Å². The van der Waals surface area contributed by atoms with Gasteiger partial charge in [-0.3, -0.25) is 9.98 Å². The van der Waals surface area contributed by atoms with Crippen LogP contribution in [0.15, 0.2) is 67.9 Å². The van der Waals surface area contributed by atoms with E-state index in [4.69, 9.17) is 76.8 Å². The molecule has 4 aromatic rings. The van der Waals surface area contributed by atoms with Crippen LogP contribution in [0.25, 0.3) is 11.1 Å². The number of aryl methyl sites for hydroxylation is 8. The first kappa shape index (κ1) is 70.9. The van der Waals surface area contributed by atoms with Crippen molar-refractivity contribution in [2.45, 2.75) is 96.9 Å². The van der Waals surface area contributed by atoms with Crippen LogP contribution in [0.5, 0.6) is 0 Å². The first-order valence-corrected chi connectivity index (χ1v) is 27.5. The van der Waals surface area contributed by atoms with Crippen molar-refractivity contribution in [1.82, 2.24) is 9.97 Å². The Balaban J connectivity index is 0.000000360. The van der Waals surface area contributed by atoms with Gasteiger partial charge >= 0.3 is 40.7 Å². The fraction of sp³-hybridized carbons (Fsp3) is 0.469. The van der Waals surface area contributed by atoms with Crippen LogP contribution in [0.2, 0.25) is 0 Å². The average Bonchev–Trinajstić information content (AvgIpc) is 1.79. The van der Waals surface area contributed by atoms with E-state index in [9.17, 15) is 19.2 Å². The van der Waals surface area contributed by atoms with Crippen LogP contribution in [0.1, 0.15) is 127 Å². The first-order chi connectivity index (χ1) is 40.1. The molecule has 4 heterocycles. The second-order valence-corrected chi connectivity index (χ2v) is 20.3. The van der Waals surface area contributed by atoms with E-state index in [1.54, 1.807) is 56.1 Å². The van der Waals surface area contributed by atoms with Gasteiger partial charge in [-0.05, 0) is 139 Å². The molecule has 0 saturated carbocycles. The molecule has 1 radical (unpaired) electrons. The summed E-state index contributed by atoms with van der Waals surface area (Å²) >= 11 is 0. The third-order valence-corrected chi connectivity index (χ3v) is 13.9. The maximum atomic E-state index is 13.1. The third kappa shape index (κ3) is 17.7. The number of hydrogen-bond acceptors (Lipinski definition) is 18. The van der Waals surface area contributed by atoms with E-state index >= 15 is 0 Å². The Kier molecular flexibility index (Phi) is 28.3. The van der Waals surface area contributed by atoms with Crippen LogP contribution in [0, 0.1) is 69.2 Å². The maximum absolute atomic E-state index is 13.1. The summed E-state index contributed by atoms with van der Waals surface area (Å²) in [6.07, 6.45) is 0. The van der Waals surface area contributed by atoms with Gasteiger partial charge in [0.25, 0.3) is 0 Å². The molecule has 21 heteroatoms. The number of aromatic nitrogens is 2. The fourth-order valence-corrected chi connectivity index (χ4v) is 10.3.